The third-order valence-electron chi connectivity index (χ3n) is 6.59. The van der Waals surface area contributed by atoms with E-state index in [0.717, 1.165) is 11.1 Å². The number of methoxy groups -OCH3 is 2. The molecule has 0 amide bonds. The number of benzene rings is 3. The van der Waals surface area contributed by atoms with Crippen LogP contribution in [0.3, 0.4) is 0 Å². The zero-order chi connectivity index (χ0) is 29.7. The summed E-state index contributed by atoms with van der Waals surface area (Å²) >= 11 is 0. The molecular formula is C32H33NO8. The summed E-state index contributed by atoms with van der Waals surface area (Å²) in [6.45, 7) is 5.75. The highest BCUT2D eigenvalue weighted by molar-refractivity contribution is 6.12. The van der Waals surface area contributed by atoms with Gasteiger partial charge in [-0.2, -0.15) is 0 Å². The molecular weight excluding hydrogens is 526 g/mol. The Hall–Kier alpha value is -4.92. The van der Waals surface area contributed by atoms with Crippen LogP contribution in [0, 0.1) is 6.92 Å². The molecule has 41 heavy (non-hydrogen) atoms. The van der Waals surface area contributed by atoms with Gasteiger partial charge in [0.1, 0.15) is 11.1 Å². The molecule has 4 rings (SSSR count). The van der Waals surface area contributed by atoms with Crippen LogP contribution in [-0.2, 0) is 16.0 Å². The van der Waals surface area contributed by atoms with Crippen molar-refractivity contribution in [2.24, 2.45) is 0 Å². The van der Waals surface area contributed by atoms with E-state index in [1.165, 1.54) is 26.4 Å². The Labute approximate surface area is 238 Å². The average Bonchev–Trinajstić information content (AvgIpc) is 3.30. The maximum absolute atomic E-state index is 13.7. The molecule has 0 radical (unpaired) electrons. The molecule has 0 fully saturated rings. The predicted octanol–water partition coefficient (Wildman–Crippen LogP) is 5.96. The van der Waals surface area contributed by atoms with Gasteiger partial charge in [0, 0.05) is 17.7 Å². The summed E-state index contributed by atoms with van der Waals surface area (Å²) in [6, 6.07) is 17.3. The lowest BCUT2D eigenvalue weighted by molar-refractivity contribution is 0.0481. The molecule has 9 nitrogen and oxygen atoms in total. The van der Waals surface area contributed by atoms with Gasteiger partial charge in [0.25, 0.3) is 0 Å². The lowest BCUT2D eigenvalue weighted by Crippen LogP contribution is -2.13. The van der Waals surface area contributed by atoms with Crippen molar-refractivity contribution >= 4 is 11.9 Å². The Morgan fingerprint density at radius 3 is 1.54 bits per heavy atom. The molecule has 2 N–H and O–H groups in total. The molecule has 0 bridgehead atoms. The number of phenols is 2. The number of nitrogens with zero attached hydrogens (tertiary/aromatic N) is 1. The van der Waals surface area contributed by atoms with Crippen molar-refractivity contribution in [1.82, 2.24) is 4.57 Å². The van der Waals surface area contributed by atoms with E-state index in [1.54, 1.807) is 38.1 Å². The second-order valence-electron chi connectivity index (χ2n) is 9.23. The van der Waals surface area contributed by atoms with Crippen molar-refractivity contribution in [3.8, 4) is 45.5 Å². The molecule has 1 heterocycles. The smallest absolute Gasteiger partial charge is 0.341 e. The van der Waals surface area contributed by atoms with Crippen molar-refractivity contribution in [3.05, 3.63) is 82.9 Å². The van der Waals surface area contributed by atoms with E-state index in [2.05, 4.69) is 0 Å². The third-order valence-corrected chi connectivity index (χ3v) is 6.59. The first-order valence-corrected chi connectivity index (χ1v) is 13.1. The first kappa shape index (κ1) is 29.1. The fourth-order valence-corrected chi connectivity index (χ4v) is 4.71. The number of aromatic nitrogens is 1. The van der Waals surface area contributed by atoms with Crippen LogP contribution in [0.1, 0.15) is 45.7 Å². The normalized spacial score (nSPS) is 10.8. The number of aryl methyl sites for hydroxylation is 1. The van der Waals surface area contributed by atoms with Crippen LogP contribution >= 0.6 is 0 Å². The van der Waals surface area contributed by atoms with E-state index in [0.29, 0.717) is 22.5 Å². The summed E-state index contributed by atoms with van der Waals surface area (Å²) in [4.78, 5) is 27.3. The second kappa shape index (κ2) is 12.5. The minimum atomic E-state index is -0.716. The van der Waals surface area contributed by atoms with Gasteiger partial charge in [0.15, 0.2) is 23.0 Å². The zero-order valence-corrected chi connectivity index (χ0v) is 23.7. The number of esters is 2. The minimum Gasteiger partial charge on any atom is -0.504 e. The summed E-state index contributed by atoms with van der Waals surface area (Å²) in [5, 5.41) is 20.6. The van der Waals surface area contributed by atoms with E-state index in [9.17, 15) is 19.8 Å². The van der Waals surface area contributed by atoms with E-state index < -0.39 is 11.9 Å². The van der Waals surface area contributed by atoms with Gasteiger partial charge in [-0.15, -0.1) is 0 Å². The highest BCUT2D eigenvalue weighted by Crippen LogP contribution is 2.43. The van der Waals surface area contributed by atoms with Gasteiger partial charge in [0.2, 0.25) is 0 Å². The van der Waals surface area contributed by atoms with Crippen LogP contribution < -0.4 is 9.47 Å². The highest BCUT2D eigenvalue weighted by atomic mass is 16.5. The van der Waals surface area contributed by atoms with E-state index in [-0.39, 0.29) is 53.9 Å². The number of carbonyl (C=O) groups is 2. The topological polar surface area (TPSA) is 116 Å². The molecule has 0 aliphatic heterocycles. The Kier molecular flexibility index (Phi) is 8.87. The molecule has 0 aliphatic carbocycles. The summed E-state index contributed by atoms with van der Waals surface area (Å²) < 4.78 is 23.5. The van der Waals surface area contributed by atoms with Gasteiger partial charge in [0.05, 0.1) is 38.8 Å². The number of hydrogen-bond donors (Lipinski definition) is 2. The Bertz CT molecular complexity index is 1480. The molecule has 0 spiro atoms. The molecule has 3 aromatic carbocycles. The largest absolute Gasteiger partial charge is 0.504 e. The van der Waals surface area contributed by atoms with Crippen molar-refractivity contribution in [2.75, 3.05) is 27.4 Å². The molecule has 214 valence electrons. The predicted molar refractivity (Wildman–Crippen MR) is 154 cm³/mol. The molecule has 0 saturated carbocycles. The van der Waals surface area contributed by atoms with Crippen molar-refractivity contribution in [1.29, 1.82) is 0 Å². The SMILES string of the molecule is CCOC(=O)c1c(C(=O)OCC)c(-c2ccc(O)c(OC)c2)n(Cc2ccc(C)cc2)c1-c1ccc(O)c(OC)c1. The molecule has 0 unspecified atom stereocenters. The summed E-state index contributed by atoms with van der Waals surface area (Å²) in [6.07, 6.45) is 0. The van der Waals surface area contributed by atoms with Crippen LogP contribution in [0.5, 0.6) is 23.0 Å². The number of ether oxygens (including phenoxy) is 4. The van der Waals surface area contributed by atoms with Crippen LogP contribution in [0.25, 0.3) is 22.5 Å². The van der Waals surface area contributed by atoms with Crippen molar-refractivity contribution in [2.45, 2.75) is 27.3 Å². The lowest BCUT2D eigenvalue weighted by atomic mass is 10.0. The van der Waals surface area contributed by atoms with E-state index >= 15 is 0 Å². The monoisotopic (exact) mass is 559 g/mol. The highest BCUT2D eigenvalue weighted by Gasteiger charge is 2.35. The molecule has 0 saturated heterocycles. The quantitative estimate of drug-likeness (QED) is 0.229. The number of rotatable bonds is 10. The van der Waals surface area contributed by atoms with Gasteiger partial charge in [-0.25, -0.2) is 9.59 Å². The number of aromatic hydroxyl groups is 2. The van der Waals surface area contributed by atoms with Gasteiger partial charge >= 0.3 is 11.9 Å². The zero-order valence-electron chi connectivity index (χ0n) is 23.7. The van der Waals surface area contributed by atoms with Gasteiger partial charge in [-0.05, 0) is 62.7 Å². The Morgan fingerprint density at radius 2 is 1.15 bits per heavy atom. The fourth-order valence-electron chi connectivity index (χ4n) is 4.71. The van der Waals surface area contributed by atoms with Crippen LogP contribution in [-0.4, -0.2) is 54.2 Å². The van der Waals surface area contributed by atoms with Crippen molar-refractivity contribution < 1.29 is 38.7 Å². The first-order chi connectivity index (χ1) is 19.7. The maximum Gasteiger partial charge on any atom is 0.341 e. The standard InChI is InChI=1S/C32H33NO8/c1-6-40-31(36)27-28(32(37)41-7-2)30(22-13-15-24(35)26(17-22)39-5)33(18-20-10-8-19(3)9-11-20)29(27)21-12-14-23(34)25(16-21)38-4/h8-17,34-35H,6-7,18H2,1-5H3. The number of phenolic OH excluding ortho intramolecular Hbond substituents is 2. The van der Waals surface area contributed by atoms with Crippen LogP contribution in [0.4, 0.5) is 0 Å². The molecule has 4 aromatic rings. The fraction of sp³-hybridized carbons (Fsp3) is 0.250. The van der Waals surface area contributed by atoms with Crippen molar-refractivity contribution in [3.63, 3.8) is 0 Å². The van der Waals surface area contributed by atoms with Crippen LogP contribution in [0.2, 0.25) is 0 Å². The summed E-state index contributed by atoms with van der Waals surface area (Å²) in [5.41, 5.74) is 3.72. The van der Waals surface area contributed by atoms with Crippen LogP contribution in [0.15, 0.2) is 60.7 Å². The molecule has 1 aromatic heterocycles. The van der Waals surface area contributed by atoms with E-state index in [4.69, 9.17) is 18.9 Å². The summed E-state index contributed by atoms with van der Waals surface area (Å²) in [5.74, 6) is -1.23. The Balaban J connectivity index is 2.19. The lowest BCUT2D eigenvalue weighted by Gasteiger charge is -2.17. The van der Waals surface area contributed by atoms with Gasteiger partial charge in [-0.1, -0.05) is 29.8 Å². The molecule has 0 aliphatic rings. The second-order valence-corrected chi connectivity index (χ2v) is 9.23. The third kappa shape index (κ3) is 5.84. The van der Waals surface area contributed by atoms with E-state index in [1.807, 2.05) is 35.8 Å². The van der Waals surface area contributed by atoms with Gasteiger partial charge in [-0.3, -0.25) is 0 Å². The Morgan fingerprint density at radius 1 is 0.707 bits per heavy atom. The van der Waals surface area contributed by atoms with Gasteiger partial charge < -0.3 is 33.7 Å². The maximum atomic E-state index is 13.7. The summed E-state index contributed by atoms with van der Waals surface area (Å²) in [7, 11) is 2.85. The molecule has 9 heteroatoms. The molecule has 0 atom stereocenters. The minimum absolute atomic E-state index is 0.00666. The first-order valence-electron chi connectivity index (χ1n) is 13.1. The average molecular weight is 560 g/mol. The number of hydrogen-bond acceptors (Lipinski definition) is 8. The number of carbonyl (C=O) groups excluding carboxylic acids is 2.